The number of hydrogen-bond donors (Lipinski definition) is 2. The van der Waals surface area contributed by atoms with Crippen molar-refractivity contribution < 1.29 is 31.6 Å². The van der Waals surface area contributed by atoms with Gasteiger partial charge in [-0.3, -0.25) is 9.36 Å². The molecule has 10 heteroatoms. The van der Waals surface area contributed by atoms with Crippen LogP contribution in [0.25, 0.3) is 11.1 Å². The Bertz CT molecular complexity index is 1030. The fourth-order valence-corrected chi connectivity index (χ4v) is 6.43. The highest BCUT2D eigenvalue weighted by atomic mass is 31.2. The van der Waals surface area contributed by atoms with Crippen LogP contribution in [0, 0.1) is 0 Å². The molecule has 0 bridgehead atoms. The number of hydrogen-bond acceptors (Lipinski definition) is 5. The SMILES string of the molecule is CC(C)OP(=O)(CNCCC1(C(=O)NCC(F)(F)F)c2ccccc2-c2ccccc21)OC(C)C. The minimum absolute atomic E-state index is 0.0904. The van der Waals surface area contributed by atoms with Crippen molar-refractivity contribution in [3.63, 3.8) is 0 Å². The van der Waals surface area contributed by atoms with Crippen molar-refractivity contribution in [2.45, 2.75) is 57.9 Å². The number of halogens is 3. The molecule has 0 unspecified atom stereocenters. The summed E-state index contributed by atoms with van der Waals surface area (Å²) < 4.78 is 63.2. The van der Waals surface area contributed by atoms with E-state index in [9.17, 15) is 22.5 Å². The van der Waals surface area contributed by atoms with Crippen molar-refractivity contribution in [3.8, 4) is 11.1 Å². The lowest BCUT2D eigenvalue weighted by Gasteiger charge is -2.31. The maximum absolute atomic E-state index is 13.5. The normalized spacial score (nSPS) is 14.8. The molecular formula is C25H32F3N2O4P. The molecule has 0 heterocycles. The average molecular weight is 513 g/mol. The fourth-order valence-electron chi connectivity index (χ4n) is 4.52. The van der Waals surface area contributed by atoms with Gasteiger partial charge in [0.05, 0.1) is 18.5 Å². The lowest BCUT2D eigenvalue weighted by molar-refractivity contribution is -0.141. The molecule has 1 aliphatic rings. The molecule has 1 aliphatic carbocycles. The van der Waals surface area contributed by atoms with E-state index in [1.165, 1.54) is 0 Å². The molecule has 0 atom stereocenters. The van der Waals surface area contributed by atoms with Crippen molar-refractivity contribution in [2.24, 2.45) is 0 Å². The summed E-state index contributed by atoms with van der Waals surface area (Å²) in [6.07, 6.45) is -5.13. The van der Waals surface area contributed by atoms with Crippen LogP contribution in [0.3, 0.4) is 0 Å². The second-order valence-corrected chi connectivity index (χ2v) is 11.1. The van der Waals surface area contributed by atoms with E-state index >= 15 is 0 Å². The summed E-state index contributed by atoms with van der Waals surface area (Å²) in [7, 11) is -3.47. The Balaban J connectivity index is 1.90. The molecule has 0 aliphatic heterocycles. The summed E-state index contributed by atoms with van der Waals surface area (Å²) in [6.45, 7) is 5.77. The summed E-state index contributed by atoms with van der Waals surface area (Å²) in [4.78, 5) is 13.5. The van der Waals surface area contributed by atoms with Crippen LogP contribution >= 0.6 is 7.60 Å². The Kier molecular flexibility index (Phi) is 8.48. The molecule has 0 aromatic heterocycles. The number of carbonyl (C=O) groups excluding carboxylic acids is 1. The van der Waals surface area contributed by atoms with E-state index < -0.39 is 31.6 Å². The van der Waals surface area contributed by atoms with E-state index in [-0.39, 0.29) is 31.5 Å². The van der Waals surface area contributed by atoms with Crippen LogP contribution in [-0.2, 0) is 23.8 Å². The van der Waals surface area contributed by atoms with Gasteiger partial charge in [0.25, 0.3) is 0 Å². The Morgan fingerprint density at radius 1 is 0.943 bits per heavy atom. The summed E-state index contributed by atoms with van der Waals surface area (Å²) in [5.41, 5.74) is 1.56. The fraction of sp³-hybridized carbons (Fsp3) is 0.480. The number of rotatable bonds is 11. The second-order valence-electron chi connectivity index (χ2n) is 9.12. The number of benzene rings is 2. The lowest BCUT2D eigenvalue weighted by Crippen LogP contribution is -2.48. The summed E-state index contributed by atoms with van der Waals surface area (Å²) in [5.74, 6) is -0.728. The Hall–Kier alpha value is -2.19. The standard InChI is InChI=1S/C25H32F3N2O4P/c1-17(2)33-35(32,34-18(3)4)16-29-14-13-24(23(31)30-15-25(26,27)28)21-11-7-5-9-19(21)20-10-6-8-12-22(20)24/h5-12,17-18,29H,13-16H2,1-4H3,(H,30,31). The molecule has 192 valence electrons. The van der Waals surface area contributed by atoms with Gasteiger partial charge < -0.3 is 19.7 Å². The molecule has 0 saturated heterocycles. The molecule has 0 saturated carbocycles. The van der Waals surface area contributed by atoms with E-state index in [1.807, 2.05) is 24.3 Å². The second kappa shape index (κ2) is 10.8. The molecule has 6 nitrogen and oxygen atoms in total. The highest BCUT2D eigenvalue weighted by molar-refractivity contribution is 7.53. The Morgan fingerprint density at radius 2 is 1.43 bits per heavy atom. The number of carbonyl (C=O) groups is 1. The lowest BCUT2D eigenvalue weighted by atomic mass is 9.74. The number of alkyl halides is 3. The Labute approximate surface area is 204 Å². The van der Waals surface area contributed by atoms with E-state index in [0.29, 0.717) is 11.1 Å². The number of fused-ring (bicyclic) bond motifs is 3. The molecule has 0 spiro atoms. The highest BCUT2D eigenvalue weighted by Crippen LogP contribution is 2.52. The van der Waals surface area contributed by atoms with Gasteiger partial charge in [0.1, 0.15) is 12.0 Å². The topological polar surface area (TPSA) is 76.7 Å². The molecule has 2 N–H and O–H groups in total. The molecule has 35 heavy (non-hydrogen) atoms. The minimum Gasteiger partial charge on any atom is -0.346 e. The molecular weight excluding hydrogens is 480 g/mol. The van der Waals surface area contributed by atoms with Crippen molar-refractivity contribution in [1.29, 1.82) is 0 Å². The van der Waals surface area contributed by atoms with Gasteiger partial charge in [-0.25, -0.2) is 0 Å². The first-order chi connectivity index (χ1) is 16.4. The van der Waals surface area contributed by atoms with Gasteiger partial charge in [0, 0.05) is 0 Å². The van der Waals surface area contributed by atoms with E-state index in [1.54, 1.807) is 52.0 Å². The van der Waals surface area contributed by atoms with Crippen LogP contribution in [0.4, 0.5) is 13.2 Å². The van der Waals surface area contributed by atoms with Gasteiger partial charge in [-0.15, -0.1) is 0 Å². The highest BCUT2D eigenvalue weighted by Gasteiger charge is 2.49. The first kappa shape index (κ1) is 27.4. The van der Waals surface area contributed by atoms with Crippen molar-refractivity contribution in [1.82, 2.24) is 10.6 Å². The van der Waals surface area contributed by atoms with Crippen LogP contribution in [0.5, 0.6) is 0 Å². The maximum atomic E-state index is 13.5. The predicted molar refractivity (Wildman–Crippen MR) is 129 cm³/mol. The molecule has 0 radical (unpaired) electrons. The molecule has 3 rings (SSSR count). The van der Waals surface area contributed by atoms with Gasteiger partial charge in [0.2, 0.25) is 5.91 Å². The molecule has 2 aromatic rings. The molecule has 2 aromatic carbocycles. The summed E-state index contributed by atoms with van der Waals surface area (Å²) >= 11 is 0. The minimum atomic E-state index is -4.54. The van der Waals surface area contributed by atoms with Gasteiger partial charge in [-0.05, 0) is 62.9 Å². The van der Waals surface area contributed by atoms with Gasteiger partial charge in [0.15, 0.2) is 0 Å². The van der Waals surface area contributed by atoms with Crippen LogP contribution in [0.2, 0.25) is 0 Å². The quantitative estimate of drug-likeness (QED) is 0.302. The average Bonchev–Trinajstić information content (AvgIpc) is 3.04. The van der Waals surface area contributed by atoms with Gasteiger partial charge in [-0.2, -0.15) is 13.2 Å². The van der Waals surface area contributed by atoms with E-state index in [0.717, 1.165) is 11.1 Å². The molecule has 1 amide bonds. The zero-order valence-electron chi connectivity index (χ0n) is 20.3. The van der Waals surface area contributed by atoms with Crippen molar-refractivity contribution >= 4 is 13.5 Å². The first-order valence-electron chi connectivity index (χ1n) is 11.6. The number of nitrogens with one attached hydrogen (secondary N) is 2. The van der Waals surface area contributed by atoms with Crippen LogP contribution in [0.15, 0.2) is 48.5 Å². The third-order valence-corrected chi connectivity index (χ3v) is 7.72. The van der Waals surface area contributed by atoms with E-state index in [2.05, 4.69) is 10.6 Å². The predicted octanol–water partition coefficient (Wildman–Crippen LogP) is 5.61. The first-order valence-corrected chi connectivity index (χ1v) is 13.3. The van der Waals surface area contributed by atoms with Gasteiger partial charge in [-0.1, -0.05) is 48.5 Å². The summed E-state index contributed by atoms with van der Waals surface area (Å²) in [6, 6.07) is 14.5. The summed E-state index contributed by atoms with van der Waals surface area (Å²) in [5, 5.41) is 5.16. The maximum Gasteiger partial charge on any atom is 0.405 e. The van der Waals surface area contributed by atoms with Crippen LogP contribution in [0.1, 0.15) is 45.2 Å². The van der Waals surface area contributed by atoms with Crippen LogP contribution in [-0.4, -0.2) is 43.7 Å². The van der Waals surface area contributed by atoms with Crippen LogP contribution < -0.4 is 10.6 Å². The number of amides is 1. The largest absolute Gasteiger partial charge is 0.405 e. The molecule has 0 fully saturated rings. The monoisotopic (exact) mass is 512 g/mol. The van der Waals surface area contributed by atoms with Gasteiger partial charge >= 0.3 is 13.8 Å². The zero-order valence-corrected chi connectivity index (χ0v) is 21.2. The smallest absolute Gasteiger partial charge is 0.346 e. The van der Waals surface area contributed by atoms with E-state index in [4.69, 9.17) is 9.05 Å². The van der Waals surface area contributed by atoms with Crippen molar-refractivity contribution in [3.05, 3.63) is 59.7 Å². The zero-order chi connectivity index (χ0) is 25.9. The third-order valence-electron chi connectivity index (χ3n) is 5.63. The third kappa shape index (κ3) is 6.33. The Morgan fingerprint density at radius 3 is 1.89 bits per heavy atom. The van der Waals surface area contributed by atoms with Crippen molar-refractivity contribution in [2.75, 3.05) is 19.4 Å².